The largest absolute Gasteiger partial charge is 0.507 e. The van der Waals surface area contributed by atoms with Gasteiger partial charge in [0.15, 0.2) is 0 Å². The van der Waals surface area contributed by atoms with Crippen molar-refractivity contribution in [3.63, 3.8) is 0 Å². The molecule has 0 radical (unpaired) electrons. The van der Waals surface area contributed by atoms with E-state index in [4.69, 9.17) is 0 Å². The number of carboxylic acids is 1. The summed E-state index contributed by atoms with van der Waals surface area (Å²) in [5.41, 5.74) is 2.48. The van der Waals surface area contributed by atoms with Gasteiger partial charge in [0.2, 0.25) is 11.7 Å². The molecular formula is C30H27N3O6. The Morgan fingerprint density at radius 1 is 0.821 bits per heavy atom. The van der Waals surface area contributed by atoms with E-state index in [-0.39, 0.29) is 18.6 Å². The number of aromatic amines is 1. The van der Waals surface area contributed by atoms with Crippen LogP contribution < -0.4 is 10.6 Å². The number of carboxylic acid groups (broad SMARTS) is 1. The first-order chi connectivity index (χ1) is 18.8. The van der Waals surface area contributed by atoms with Gasteiger partial charge in [-0.3, -0.25) is 19.2 Å². The van der Waals surface area contributed by atoms with Crippen LogP contribution in [0.3, 0.4) is 0 Å². The number of nitrogens with one attached hydrogen (secondary N) is 3. The Labute approximate surface area is 224 Å². The van der Waals surface area contributed by atoms with Crippen molar-refractivity contribution in [1.82, 2.24) is 15.6 Å². The molecule has 0 saturated heterocycles. The fourth-order valence-corrected chi connectivity index (χ4v) is 4.23. The summed E-state index contributed by atoms with van der Waals surface area (Å²) in [7, 11) is 0. The molecule has 0 spiro atoms. The summed E-state index contributed by atoms with van der Waals surface area (Å²) >= 11 is 0. The van der Waals surface area contributed by atoms with Crippen LogP contribution in [0, 0.1) is 0 Å². The molecule has 0 unspecified atom stereocenters. The van der Waals surface area contributed by atoms with E-state index in [9.17, 15) is 29.4 Å². The van der Waals surface area contributed by atoms with Crippen molar-refractivity contribution < 1.29 is 29.4 Å². The molecule has 1 heterocycles. The fraction of sp³-hybridized carbons (Fsp3) is 0.133. The maximum absolute atomic E-state index is 13.5. The highest BCUT2D eigenvalue weighted by atomic mass is 16.4. The number of rotatable bonds is 11. The van der Waals surface area contributed by atoms with Crippen LogP contribution in [-0.2, 0) is 25.6 Å². The van der Waals surface area contributed by atoms with Gasteiger partial charge in [-0.15, -0.1) is 0 Å². The van der Waals surface area contributed by atoms with Crippen LogP contribution in [0.5, 0.6) is 0 Å². The quantitative estimate of drug-likeness (QED) is 0.115. The van der Waals surface area contributed by atoms with Crippen molar-refractivity contribution in [2.45, 2.75) is 24.9 Å². The molecule has 9 heteroatoms. The Morgan fingerprint density at radius 2 is 1.46 bits per heavy atom. The summed E-state index contributed by atoms with van der Waals surface area (Å²) in [6.45, 7) is 0. The minimum absolute atomic E-state index is 0.0256. The molecule has 2 amide bonds. The number of aliphatic hydroxyl groups excluding tert-OH is 1. The molecule has 4 rings (SSSR count). The molecule has 9 nitrogen and oxygen atoms in total. The highest BCUT2D eigenvalue weighted by Crippen LogP contribution is 2.21. The van der Waals surface area contributed by atoms with Crippen molar-refractivity contribution in [2.24, 2.45) is 0 Å². The van der Waals surface area contributed by atoms with Gasteiger partial charge in [0.05, 0.1) is 12.5 Å². The number of amides is 2. The Bertz CT molecular complexity index is 1510. The SMILES string of the molecule is O=C(O)C[C@H](NC(=O)[C@@H](Cc1c[nH]c2ccccc12)NC(=O)C(=O)/C=C(\O)c1ccccc1)c1ccccc1. The standard InChI is InChI=1S/C30H27N3O6/c34-26(20-11-5-2-6-12-20)17-27(35)30(39)33-25(15-21-18-31-23-14-8-7-13-22(21)23)29(38)32-24(16-28(36)37)19-9-3-1-4-10-19/h1-14,17-18,24-25,31,34H,15-16H2,(H,32,38)(H,33,39)(H,36,37)/b26-17-/t24-,25+/m0/s1. The van der Waals surface area contributed by atoms with E-state index in [1.807, 2.05) is 24.3 Å². The molecular weight excluding hydrogens is 498 g/mol. The van der Waals surface area contributed by atoms with Gasteiger partial charge in [0, 0.05) is 35.2 Å². The Hall–Kier alpha value is -5.18. The monoisotopic (exact) mass is 525 g/mol. The lowest BCUT2D eigenvalue weighted by Gasteiger charge is -2.23. The summed E-state index contributed by atoms with van der Waals surface area (Å²) in [6, 6.07) is 22.2. The third kappa shape index (κ3) is 6.98. The van der Waals surface area contributed by atoms with Crippen LogP contribution in [0.2, 0.25) is 0 Å². The first-order valence-corrected chi connectivity index (χ1v) is 12.2. The molecule has 0 saturated carbocycles. The number of carbonyl (C=O) groups is 4. The lowest BCUT2D eigenvalue weighted by molar-refractivity contribution is -0.138. The number of benzene rings is 3. The van der Waals surface area contributed by atoms with Gasteiger partial charge in [-0.05, 0) is 17.2 Å². The molecule has 3 aromatic carbocycles. The molecule has 4 aromatic rings. The van der Waals surface area contributed by atoms with Crippen LogP contribution in [0.25, 0.3) is 16.7 Å². The lowest BCUT2D eigenvalue weighted by Crippen LogP contribution is -2.50. The minimum atomic E-state index is -1.21. The van der Waals surface area contributed by atoms with E-state index in [1.165, 1.54) is 0 Å². The third-order valence-electron chi connectivity index (χ3n) is 6.18. The predicted octanol–water partition coefficient (Wildman–Crippen LogP) is 3.70. The number of fused-ring (bicyclic) bond motifs is 1. The molecule has 0 fully saturated rings. The van der Waals surface area contributed by atoms with Crippen LogP contribution in [-0.4, -0.2) is 44.8 Å². The molecule has 2 atom stereocenters. The zero-order valence-corrected chi connectivity index (χ0v) is 20.8. The maximum atomic E-state index is 13.5. The molecule has 1 aromatic heterocycles. The highest BCUT2D eigenvalue weighted by molar-refractivity contribution is 6.41. The van der Waals surface area contributed by atoms with Crippen LogP contribution in [0.4, 0.5) is 0 Å². The van der Waals surface area contributed by atoms with E-state index in [2.05, 4.69) is 15.6 Å². The molecule has 0 aliphatic heterocycles. The number of para-hydroxylation sites is 1. The zero-order chi connectivity index (χ0) is 27.8. The number of hydrogen-bond acceptors (Lipinski definition) is 5. The van der Waals surface area contributed by atoms with Gasteiger partial charge in [-0.2, -0.15) is 0 Å². The number of aliphatic carboxylic acids is 1. The topological polar surface area (TPSA) is 149 Å². The number of carbonyl (C=O) groups excluding carboxylic acids is 3. The van der Waals surface area contributed by atoms with E-state index in [0.29, 0.717) is 11.1 Å². The molecule has 39 heavy (non-hydrogen) atoms. The second-order valence-corrected chi connectivity index (χ2v) is 8.92. The van der Waals surface area contributed by atoms with Crippen LogP contribution in [0.15, 0.2) is 97.2 Å². The smallest absolute Gasteiger partial charge is 0.305 e. The Balaban J connectivity index is 1.59. The second kappa shape index (κ2) is 12.4. The van der Waals surface area contributed by atoms with Crippen molar-refractivity contribution in [1.29, 1.82) is 0 Å². The molecule has 0 aliphatic rings. The molecule has 0 aliphatic carbocycles. The van der Waals surface area contributed by atoms with Crippen molar-refractivity contribution in [3.05, 3.63) is 114 Å². The fourth-order valence-electron chi connectivity index (χ4n) is 4.23. The molecule has 5 N–H and O–H groups in total. The summed E-state index contributed by atoms with van der Waals surface area (Å²) in [6.07, 6.45) is 2.16. The van der Waals surface area contributed by atoms with Crippen LogP contribution in [0.1, 0.15) is 29.2 Å². The Kier molecular flexibility index (Phi) is 8.53. The van der Waals surface area contributed by atoms with Crippen molar-refractivity contribution in [3.8, 4) is 0 Å². The molecule has 198 valence electrons. The first-order valence-electron chi connectivity index (χ1n) is 12.2. The molecule has 0 bridgehead atoms. The lowest BCUT2D eigenvalue weighted by atomic mass is 10.0. The van der Waals surface area contributed by atoms with E-state index < -0.39 is 35.7 Å². The van der Waals surface area contributed by atoms with Gasteiger partial charge in [-0.25, -0.2) is 0 Å². The average molecular weight is 526 g/mol. The number of H-pyrrole nitrogens is 1. The highest BCUT2D eigenvalue weighted by Gasteiger charge is 2.28. The minimum Gasteiger partial charge on any atom is -0.507 e. The number of hydrogen-bond donors (Lipinski definition) is 5. The average Bonchev–Trinajstić information content (AvgIpc) is 3.35. The summed E-state index contributed by atoms with van der Waals surface area (Å²) < 4.78 is 0. The number of aromatic nitrogens is 1. The third-order valence-corrected chi connectivity index (χ3v) is 6.18. The summed E-state index contributed by atoms with van der Waals surface area (Å²) in [4.78, 5) is 53.6. The second-order valence-electron chi connectivity index (χ2n) is 8.92. The van der Waals surface area contributed by atoms with E-state index in [1.54, 1.807) is 66.9 Å². The normalized spacial score (nSPS) is 12.9. The zero-order valence-electron chi connectivity index (χ0n) is 20.8. The van der Waals surface area contributed by atoms with Gasteiger partial charge >= 0.3 is 5.97 Å². The van der Waals surface area contributed by atoms with Gasteiger partial charge < -0.3 is 25.8 Å². The Morgan fingerprint density at radius 3 is 2.15 bits per heavy atom. The summed E-state index contributed by atoms with van der Waals surface area (Å²) in [5.74, 6) is -4.30. The first kappa shape index (κ1) is 26.9. The maximum Gasteiger partial charge on any atom is 0.305 e. The predicted molar refractivity (Wildman–Crippen MR) is 146 cm³/mol. The van der Waals surface area contributed by atoms with E-state index >= 15 is 0 Å². The van der Waals surface area contributed by atoms with Crippen molar-refractivity contribution >= 4 is 40.2 Å². The van der Waals surface area contributed by atoms with Gasteiger partial charge in [-0.1, -0.05) is 78.9 Å². The van der Waals surface area contributed by atoms with Gasteiger partial charge in [0.25, 0.3) is 5.91 Å². The summed E-state index contributed by atoms with van der Waals surface area (Å²) in [5, 5.41) is 25.7. The van der Waals surface area contributed by atoms with E-state index in [0.717, 1.165) is 22.5 Å². The van der Waals surface area contributed by atoms with Crippen molar-refractivity contribution in [2.75, 3.05) is 0 Å². The van der Waals surface area contributed by atoms with Gasteiger partial charge in [0.1, 0.15) is 11.8 Å². The number of aliphatic hydroxyl groups is 1. The van der Waals surface area contributed by atoms with Crippen LogP contribution >= 0.6 is 0 Å². The number of ketones is 1.